The third-order valence-electron chi connectivity index (χ3n) is 2.88. The lowest BCUT2D eigenvalue weighted by Crippen LogP contribution is -2.07. The minimum atomic E-state index is -0.423. The number of carbonyl (C=O) groups excluding carboxylic acids is 1. The molecule has 4 nitrogen and oxygen atoms in total. The van der Waals surface area contributed by atoms with Crippen molar-refractivity contribution in [1.29, 1.82) is 0 Å². The summed E-state index contributed by atoms with van der Waals surface area (Å²) in [6.45, 7) is 2.81. The monoisotopic (exact) mass is 276 g/mol. The van der Waals surface area contributed by atoms with Crippen LogP contribution in [0.4, 0.5) is 11.4 Å². The lowest BCUT2D eigenvalue weighted by atomic mass is 10.1. The van der Waals surface area contributed by atoms with E-state index in [1.165, 1.54) is 17.6 Å². The fourth-order valence-corrected chi connectivity index (χ4v) is 2.57. The van der Waals surface area contributed by atoms with Gasteiger partial charge in [-0.15, -0.1) is 11.3 Å². The van der Waals surface area contributed by atoms with Crippen molar-refractivity contribution >= 4 is 28.7 Å². The zero-order valence-corrected chi connectivity index (χ0v) is 11.7. The second-order valence-corrected chi connectivity index (χ2v) is 5.17. The second-order valence-electron chi connectivity index (χ2n) is 4.17. The molecule has 0 bridgehead atoms. The van der Waals surface area contributed by atoms with Gasteiger partial charge in [0.15, 0.2) is 0 Å². The van der Waals surface area contributed by atoms with Crippen LogP contribution in [0.3, 0.4) is 0 Å². The first kappa shape index (κ1) is 13.4. The van der Waals surface area contributed by atoms with Crippen LogP contribution in [0.2, 0.25) is 0 Å². The molecule has 0 atom stereocenters. The van der Waals surface area contributed by atoms with Crippen molar-refractivity contribution in [1.82, 2.24) is 0 Å². The highest BCUT2D eigenvalue weighted by molar-refractivity contribution is 7.10. The van der Waals surface area contributed by atoms with Gasteiger partial charge in [0, 0.05) is 22.8 Å². The van der Waals surface area contributed by atoms with Gasteiger partial charge in [-0.25, -0.2) is 4.79 Å². The molecule has 19 heavy (non-hydrogen) atoms. The number of ether oxygens (including phenoxy) is 1. The van der Waals surface area contributed by atoms with Crippen LogP contribution in [0.25, 0.3) is 0 Å². The average Bonchev–Trinajstić information content (AvgIpc) is 2.82. The third kappa shape index (κ3) is 3.06. The normalized spacial score (nSPS) is 10.2. The van der Waals surface area contributed by atoms with Gasteiger partial charge >= 0.3 is 5.97 Å². The molecule has 3 N–H and O–H groups in total. The molecule has 0 aliphatic rings. The third-order valence-corrected chi connectivity index (χ3v) is 3.90. The molecule has 1 aromatic carbocycles. The first-order valence-corrected chi connectivity index (χ1v) is 6.74. The number of carbonyl (C=O) groups is 1. The van der Waals surface area contributed by atoms with Crippen LogP contribution in [0, 0.1) is 6.92 Å². The van der Waals surface area contributed by atoms with Gasteiger partial charge in [-0.05, 0) is 42.1 Å². The lowest BCUT2D eigenvalue weighted by molar-refractivity contribution is 0.0602. The Labute approximate surface area is 116 Å². The smallest absolute Gasteiger partial charge is 0.340 e. The molecule has 0 saturated carbocycles. The minimum absolute atomic E-state index is 0.385. The molecule has 0 amide bonds. The maximum atomic E-state index is 11.5. The van der Waals surface area contributed by atoms with Crippen molar-refractivity contribution in [2.75, 3.05) is 18.2 Å². The van der Waals surface area contributed by atoms with Crippen molar-refractivity contribution in [3.63, 3.8) is 0 Å². The van der Waals surface area contributed by atoms with E-state index in [1.54, 1.807) is 23.5 Å². The van der Waals surface area contributed by atoms with Gasteiger partial charge in [-0.3, -0.25) is 0 Å². The Morgan fingerprint density at radius 3 is 2.84 bits per heavy atom. The Balaban J connectivity index is 2.13. The Morgan fingerprint density at radius 2 is 2.21 bits per heavy atom. The van der Waals surface area contributed by atoms with Crippen LogP contribution in [0.5, 0.6) is 0 Å². The first-order valence-electron chi connectivity index (χ1n) is 5.86. The summed E-state index contributed by atoms with van der Waals surface area (Å²) in [7, 11) is 1.34. The van der Waals surface area contributed by atoms with Crippen molar-refractivity contribution in [2.45, 2.75) is 13.5 Å². The molecule has 100 valence electrons. The number of hydrogen-bond acceptors (Lipinski definition) is 5. The van der Waals surface area contributed by atoms with Crippen LogP contribution in [-0.2, 0) is 11.3 Å². The molecule has 0 radical (unpaired) electrons. The van der Waals surface area contributed by atoms with Crippen molar-refractivity contribution in [2.24, 2.45) is 0 Å². The van der Waals surface area contributed by atoms with E-state index in [9.17, 15) is 4.79 Å². The number of methoxy groups -OCH3 is 1. The highest BCUT2D eigenvalue weighted by Crippen LogP contribution is 2.21. The molecule has 0 saturated heterocycles. The number of aryl methyl sites for hydroxylation is 1. The summed E-state index contributed by atoms with van der Waals surface area (Å²) in [5.74, 6) is -0.423. The number of hydrogen-bond donors (Lipinski definition) is 2. The molecule has 0 aliphatic heterocycles. The van der Waals surface area contributed by atoms with Gasteiger partial charge in [0.05, 0.1) is 12.7 Å². The molecule has 2 aromatic rings. The van der Waals surface area contributed by atoms with Gasteiger partial charge in [-0.2, -0.15) is 0 Å². The van der Waals surface area contributed by atoms with Crippen LogP contribution in [0.1, 0.15) is 20.8 Å². The van der Waals surface area contributed by atoms with E-state index in [2.05, 4.69) is 23.7 Å². The van der Waals surface area contributed by atoms with E-state index < -0.39 is 5.97 Å². The summed E-state index contributed by atoms with van der Waals surface area (Å²) in [5.41, 5.74) is 8.67. The van der Waals surface area contributed by atoms with Gasteiger partial charge < -0.3 is 15.8 Å². The summed E-state index contributed by atoms with van der Waals surface area (Å²) in [4.78, 5) is 12.8. The predicted octanol–water partition coefficient (Wildman–Crippen LogP) is 3.04. The molecular weight excluding hydrogens is 260 g/mol. The zero-order chi connectivity index (χ0) is 13.8. The Bertz CT molecular complexity index is 593. The van der Waals surface area contributed by atoms with E-state index in [0.717, 1.165) is 12.2 Å². The highest BCUT2D eigenvalue weighted by Gasteiger charge is 2.10. The number of nitrogen functional groups attached to an aromatic ring is 1. The number of anilines is 2. The molecule has 5 heteroatoms. The second kappa shape index (κ2) is 5.75. The minimum Gasteiger partial charge on any atom is -0.465 e. The van der Waals surface area contributed by atoms with Crippen LogP contribution in [0.15, 0.2) is 29.6 Å². The number of nitrogens with two attached hydrogens (primary N) is 1. The molecular formula is C14H16N2O2S. The number of esters is 1. The van der Waals surface area contributed by atoms with E-state index in [0.29, 0.717) is 11.3 Å². The summed E-state index contributed by atoms with van der Waals surface area (Å²) < 4.78 is 4.70. The highest BCUT2D eigenvalue weighted by atomic mass is 32.1. The molecule has 0 fully saturated rings. The predicted molar refractivity (Wildman–Crippen MR) is 78.6 cm³/mol. The summed E-state index contributed by atoms with van der Waals surface area (Å²) in [5, 5.41) is 5.35. The fourth-order valence-electron chi connectivity index (χ4n) is 1.72. The Kier molecular flexibility index (Phi) is 4.06. The standard InChI is InChI=1S/C14H16N2O2S/c1-9-5-6-19-13(9)8-16-10-3-4-12(15)11(7-10)14(17)18-2/h3-7,16H,8,15H2,1-2H3. The van der Waals surface area contributed by atoms with E-state index in [1.807, 2.05) is 6.07 Å². The summed E-state index contributed by atoms with van der Waals surface area (Å²) in [6.07, 6.45) is 0. The van der Waals surface area contributed by atoms with Crippen LogP contribution in [-0.4, -0.2) is 13.1 Å². The topological polar surface area (TPSA) is 64.3 Å². The van der Waals surface area contributed by atoms with Crippen molar-refractivity contribution in [3.05, 3.63) is 45.6 Å². The van der Waals surface area contributed by atoms with Crippen LogP contribution >= 0.6 is 11.3 Å². The Hall–Kier alpha value is -2.01. The molecule has 0 aliphatic carbocycles. The molecule has 0 spiro atoms. The van der Waals surface area contributed by atoms with E-state index >= 15 is 0 Å². The maximum absolute atomic E-state index is 11.5. The van der Waals surface area contributed by atoms with E-state index in [-0.39, 0.29) is 0 Å². The summed E-state index contributed by atoms with van der Waals surface area (Å²) >= 11 is 1.71. The SMILES string of the molecule is COC(=O)c1cc(NCc2sccc2C)ccc1N. The van der Waals surface area contributed by atoms with Crippen LogP contribution < -0.4 is 11.1 Å². The van der Waals surface area contributed by atoms with Crippen molar-refractivity contribution < 1.29 is 9.53 Å². The maximum Gasteiger partial charge on any atom is 0.340 e. The van der Waals surface area contributed by atoms with Crippen molar-refractivity contribution in [3.8, 4) is 0 Å². The average molecular weight is 276 g/mol. The zero-order valence-electron chi connectivity index (χ0n) is 10.9. The number of thiophene rings is 1. The number of rotatable bonds is 4. The van der Waals surface area contributed by atoms with Gasteiger partial charge in [0.2, 0.25) is 0 Å². The number of nitrogens with one attached hydrogen (secondary N) is 1. The largest absolute Gasteiger partial charge is 0.465 e. The first-order chi connectivity index (χ1) is 9.11. The molecule has 2 rings (SSSR count). The summed E-state index contributed by atoms with van der Waals surface area (Å²) in [6, 6.07) is 7.36. The molecule has 1 heterocycles. The quantitative estimate of drug-likeness (QED) is 0.665. The number of benzene rings is 1. The molecule has 1 aromatic heterocycles. The van der Waals surface area contributed by atoms with Gasteiger partial charge in [-0.1, -0.05) is 0 Å². The molecule has 0 unspecified atom stereocenters. The fraction of sp³-hybridized carbons (Fsp3) is 0.214. The lowest BCUT2D eigenvalue weighted by Gasteiger charge is -2.09. The Morgan fingerprint density at radius 1 is 1.42 bits per heavy atom. The van der Waals surface area contributed by atoms with E-state index in [4.69, 9.17) is 10.5 Å². The van der Waals surface area contributed by atoms with Gasteiger partial charge in [0.1, 0.15) is 0 Å². The van der Waals surface area contributed by atoms with Gasteiger partial charge in [0.25, 0.3) is 0 Å².